The standard InChI is InChI=1S/C13H18Cl2FN/c1-3-4-5-6-9(2)17-13-11(14)7-10(16)8-12(13)15/h7-9,17H,3-6H2,1-2H3. The van der Waals surface area contributed by atoms with E-state index in [1.807, 2.05) is 0 Å². The van der Waals surface area contributed by atoms with Crippen molar-refractivity contribution in [3.63, 3.8) is 0 Å². The molecule has 1 aromatic rings. The minimum Gasteiger partial charge on any atom is -0.380 e. The summed E-state index contributed by atoms with van der Waals surface area (Å²) in [4.78, 5) is 0. The van der Waals surface area contributed by atoms with E-state index >= 15 is 0 Å². The van der Waals surface area contributed by atoms with Gasteiger partial charge in [0.25, 0.3) is 0 Å². The van der Waals surface area contributed by atoms with Gasteiger partial charge in [-0.25, -0.2) is 4.39 Å². The van der Waals surface area contributed by atoms with Gasteiger partial charge in [0.05, 0.1) is 15.7 Å². The fraction of sp³-hybridized carbons (Fsp3) is 0.538. The molecule has 0 aliphatic carbocycles. The summed E-state index contributed by atoms with van der Waals surface area (Å²) in [6.07, 6.45) is 4.64. The summed E-state index contributed by atoms with van der Waals surface area (Å²) in [5.74, 6) is -0.413. The number of benzene rings is 1. The fourth-order valence-corrected chi connectivity index (χ4v) is 2.27. The molecule has 0 aliphatic rings. The van der Waals surface area contributed by atoms with Crippen LogP contribution in [0.1, 0.15) is 39.5 Å². The molecule has 1 rings (SSSR count). The molecule has 1 unspecified atom stereocenters. The Morgan fingerprint density at radius 2 is 1.82 bits per heavy atom. The van der Waals surface area contributed by atoms with Crippen LogP contribution in [-0.2, 0) is 0 Å². The maximum Gasteiger partial charge on any atom is 0.126 e. The second-order valence-electron chi connectivity index (χ2n) is 4.29. The monoisotopic (exact) mass is 277 g/mol. The highest BCUT2D eigenvalue weighted by Gasteiger charge is 2.10. The fourth-order valence-electron chi connectivity index (χ4n) is 1.70. The third-order valence-corrected chi connectivity index (χ3v) is 3.23. The largest absolute Gasteiger partial charge is 0.380 e. The third kappa shape index (κ3) is 4.72. The Hall–Kier alpha value is -0.470. The maximum atomic E-state index is 13.0. The lowest BCUT2D eigenvalue weighted by molar-refractivity contribution is 0.613. The first-order valence-corrected chi connectivity index (χ1v) is 6.71. The summed E-state index contributed by atoms with van der Waals surface area (Å²) in [5, 5.41) is 3.90. The number of hydrogen-bond donors (Lipinski definition) is 1. The van der Waals surface area contributed by atoms with Gasteiger partial charge in [0.2, 0.25) is 0 Å². The first kappa shape index (κ1) is 14.6. The Balaban J connectivity index is 2.61. The van der Waals surface area contributed by atoms with E-state index in [0.717, 1.165) is 6.42 Å². The van der Waals surface area contributed by atoms with Gasteiger partial charge in [0, 0.05) is 6.04 Å². The van der Waals surface area contributed by atoms with Gasteiger partial charge >= 0.3 is 0 Å². The van der Waals surface area contributed by atoms with Crippen LogP contribution in [0.5, 0.6) is 0 Å². The van der Waals surface area contributed by atoms with Crippen molar-refractivity contribution in [2.24, 2.45) is 0 Å². The SMILES string of the molecule is CCCCCC(C)Nc1c(Cl)cc(F)cc1Cl. The average molecular weight is 278 g/mol. The molecule has 0 aromatic heterocycles. The Bertz CT molecular complexity index is 345. The van der Waals surface area contributed by atoms with Gasteiger partial charge in [-0.2, -0.15) is 0 Å². The molecule has 1 atom stereocenters. The van der Waals surface area contributed by atoms with Crippen molar-refractivity contribution >= 4 is 28.9 Å². The first-order chi connectivity index (χ1) is 8.04. The Morgan fingerprint density at radius 3 is 2.35 bits per heavy atom. The number of hydrogen-bond acceptors (Lipinski definition) is 1. The van der Waals surface area contributed by atoms with Crippen molar-refractivity contribution in [1.82, 2.24) is 0 Å². The molecule has 4 heteroatoms. The molecule has 0 radical (unpaired) electrons. The molecular formula is C13H18Cl2FN. The predicted molar refractivity (Wildman–Crippen MR) is 73.6 cm³/mol. The zero-order valence-electron chi connectivity index (χ0n) is 10.2. The average Bonchev–Trinajstić information content (AvgIpc) is 2.24. The van der Waals surface area contributed by atoms with Crippen molar-refractivity contribution in [2.75, 3.05) is 5.32 Å². The van der Waals surface area contributed by atoms with E-state index in [1.165, 1.54) is 31.4 Å². The minimum atomic E-state index is -0.413. The topological polar surface area (TPSA) is 12.0 Å². The molecule has 0 aliphatic heterocycles. The van der Waals surface area contributed by atoms with E-state index < -0.39 is 5.82 Å². The summed E-state index contributed by atoms with van der Waals surface area (Å²) in [7, 11) is 0. The molecule has 0 fully saturated rings. The maximum absolute atomic E-state index is 13.0. The summed E-state index contributed by atoms with van der Waals surface area (Å²) in [6.45, 7) is 4.25. The van der Waals surface area contributed by atoms with Crippen LogP contribution < -0.4 is 5.32 Å². The summed E-state index contributed by atoms with van der Waals surface area (Å²) in [5.41, 5.74) is 0.624. The van der Waals surface area contributed by atoms with Gasteiger partial charge in [0.1, 0.15) is 5.82 Å². The first-order valence-electron chi connectivity index (χ1n) is 5.95. The molecule has 0 bridgehead atoms. The van der Waals surface area contributed by atoms with E-state index in [1.54, 1.807) is 0 Å². The Kier molecular flexibility index (Phi) is 6.07. The lowest BCUT2D eigenvalue weighted by Crippen LogP contribution is -2.15. The van der Waals surface area contributed by atoms with E-state index in [9.17, 15) is 4.39 Å². The summed E-state index contributed by atoms with van der Waals surface area (Å²) in [6, 6.07) is 2.82. The van der Waals surface area contributed by atoms with Crippen LogP contribution >= 0.6 is 23.2 Å². The van der Waals surface area contributed by atoms with Gasteiger partial charge in [-0.3, -0.25) is 0 Å². The number of rotatable bonds is 6. The molecule has 0 saturated carbocycles. The van der Waals surface area contributed by atoms with Crippen LogP contribution in [0, 0.1) is 5.82 Å². The van der Waals surface area contributed by atoms with Crippen molar-refractivity contribution in [1.29, 1.82) is 0 Å². The molecule has 1 N–H and O–H groups in total. The van der Waals surface area contributed by atoms with Crippen LogP contribution in [0.2, 0.25) is 10.0 Å². The lowest BCUT2D eigenvalue weighted by Gasteiger charge is -2.17. The second kappa shape index (κ2) is 7.07. The van der Waals surface area contributed by atoms with Crippen molar-refractivity contribution in [3.05, 3.63) is 28.0 Å². The quantitative estimate of drug-likeness (QED) is 0.676. The number of anilines is 1. The van der Waals surface area contributed by atoms with Crippen LogP contribution in [0.4, 0.5) is 10.1 Å². The predicted octanol–water partition coefficient (Wildman–Crippen LogP) is 5.51. The molecular weight excluding hydrogens is 260 g/mol. The highest BCUT2D eigenvalue weighted by Crippen LogP contribution is 2.32. The van der Waals surface area contributed by atoms with Crippen molar-refractivity contribution in [2.45, 2.75) is 45.6 Å². The zero-order valence-corrected chi connectivity index (χ0v) is 11.7. The highest BCUT2D eigenvalue weighted by molar-refractivity contribution is 6.39. The molecule has 0 amide bonds. The molecule has 1 nitrogen and oxygen atoms in total. The van der Waals surface area contributed by atoms with E-state index in [2.05, 4.69) is 19.2 Å². The van der Waals surface area contributed by atoms with Crippen molar-refractivity contribution in [3.8, 4) is 0 Å². The van der Waals surface area contributed by atoms with Crippen LogP contribution in [0.3, 0.4) is 0 Å². The zero-order chi connectivity index (χ0) is 12.8. The molecule has 17 heavy (non-hydrogen) atoms. The number of unbranched alkanes of at least 4 members (excludes halogenated alkanes) is 2. The van der Waals surface area contributed by atoms with E-state index in [0.29, 0.717) is 15.7 Å². The van der Waals surface area contributed by atoms with E-state index in [-0.39, 0.29) is 6.04 Å². The van der Waals surface area contributed by atoms with Gasteiger partial charge in [0.15, 0.2) is 0 Å². The smallest absolute Gasteiger partial charge is 0.126 e. The summed E-state index contributed by atoms with van der Waals surface area (Å²) < 4.78 is 13.0. The van der Waals surface area contributed by atoms with Crippen molar-refractivity contribution < 1.29 is 4.39 Å². The summed E-state index contributed by atoms with van der Waals surface area (Å²) >= 11 is 11.9. The number of nitrogens with one attached hydrogen (secondary N) is 1. The van der Waals surface area contributed by atoms with E-state index in [4.69, 9.17) is 23.2 Å². The molecule has 96 valence electrons. The number of halogens is 3. The Labute approximate surface area is 112 Å². The molecule has 0 heterocycles. The second-order valence-corrected chi connectivity index (χ2v) is 5.10. The molecule has 0 spiro atoms. The van der Waals surface area contributed by atoms with Crippen LogP contribution in [0.15, 0.2) is 12.1 Å². The Morgan fingerprint density at radius 1 is 1.24 bits per heavy atom. The van der Waals surface area contributed by atoms with Gasteiger partial charge in [-0.05, 0) is 25.5 Å². The van der Waals surface area contributed by atoms with Crippen LogP contribution in [0.25, 0.3) is 0 Å². The molecule has 1 aromatic carbocycles. The van der Waals surface area contributed by atoms with Gasteiger partial charge < -0.3 is 5.32 Å². The highest BCUT2D eigenvalue weighted by atomic mass is 35.5. The van der Waals surface area contributed by atoms with Gasteiger partial charge in [-0.15, -0.1) is 0 Å². The third-order valence-electron chi connectivity index (χ3n) is 2.64. The minimum absolute atomic E-state index is 0.280. The normalized spacial score (nSPS) is 12.5. The van der Waals surface area contributed by atoms with Gasteiger partial charge in [-0.1, -0.05) is 49.4 Å². The molecule has 0 saturated heterocycles. The van der Waals surface area contributed by atoms with Crippen LogP contribution in [-0.4, -0.2) is 6.04 Å². The lowest BCUT2D eigenvalue weighted by atomic mass is 10.1.